The first kappa shape index (κ1) is 18.1. The molecule has 1 aliphatic rings. The van der Waals surface area contributed by atoms with E-state index in [1.807, 2.05) is 0 Å². The summed E-state index contributed by atoms with van der Waals surface area (Å²) in [6.07, 6.45) is 4.74. The van der Waals surface area contributed by atoms with Crippen LogP contribution in [0.2, 0.25) is 5.02 Å². The Morgan fingerprint density at radius 3 is 2.58 bits per heavy atom. The number of nitrogens with zero attached hydrogens (tertiary/aromatic N) is 3. The number of amides is 1. The molecule has 3 rings (SSSR count). The lowest BCUT2D eigenvalue weighted by atomic mass is 9.95. The number of piperidine rings is 1. The second kappa shape index (κ2) is 8.14. The number of rotatable bonds is 5. The highest BCUT2D eigenvalue weighted by molar-refractivity contribution is 6.30. The van der Waals surface area contributed by atoms with Gasteiger partial charge >= 0.3 is 5.97 Å². The third kappa shape index (κ3) is 4.49. The molecule has 1 amide bonds. The molecular weight excluding hydrogens is 358 g/mol. The van der Waals surface area contributed by atoms with Crippen LogP contribution in [-0.2, 0) is 4.79 Å². The van der Waals surface area contributed by atoms with E-state index >= 15 is 0 Å². The van der Waals surface area contributed by atoms with Gasteiger partial charge in [0.05, 0.1) is 5.02 Å². The number of carboxylic acid groups (broad SMARTS) is 1. The summed E-state index contributed by atoms with van der Waals surface area (Å²) in [6, 6.07) is 6.58. The highest BCUT2D eigenvalue weighted by atomic mass is 35.5. The lowest BCUT2D eigenvalue weighted by Gasteiger charge is -2.31. The van der Waals surface area contributed by atoms with E-state index in [9.17, 15) is 9.59 Å². The number of aromatic nitrogens is 2. The van der Waals surface area contributed by atoms with E-state index in [4.69, 9.17) is 21.4 Å². The van der Waals surface area contributed by atoms with Crippen LogP contribution >= 0.6 is 11.6 Å². The van der Waals surface area contributed by atoms with Crippen molar-refractivity contribution in [1.29, 1.82) is 0 Å². The molecule has 0 saturated carbocycles. The van der Waals surface area contributed by atoms with E-state index in [0.29, 0.717) is 29.4 Å². The highest BCUT2D eigenvalue weighted by Crippen LogP contribution is 2.27. The summed E-state index contributed by atoms with van der Waals surface area (Å²) in [5.41, 5.74) is 0.481. The molecule has 1 fully saturated rings. The van der Waals surface area contributed by atoms with Crippen LogP contribution in [0.25, 0.3) is 0 Å². The molecule has 26 heavy (non-hydrogen) atoms. The van der Waals surface area contributed by atoms with E-state index in [0.717, 1.165) is 18.7 Å². The van der Waals surface area contributed by atoms with Crippen molar-refractivity contribution >= 4 is 23.5 Å². The van der Waals surface area contributed by atoms with Crippen molar-refractivity contribution in [2.24, 2.45) is 0 Å². The number of carbonyl (C=O) groups is 2. The molecule has 7 nitrogen and oxygen atoms in total. The van der Waals surface area contributed by atoms with Crippen molar-refractivity contribution in [2.45, 2.75) is 18.8 Å². The second-order valence-electron chi connectivity index (χ2n) is 6.04. The van der Waals surface area contributed by atoms with Crippen molar-refractivity contribution in [3.63, 3.8) is 0 Å². The average Bonchev–Trinajstić information content (AvgIpc) is 2.67. The Morgan fingerprint density at radius 2 is 1.92 bits per heavy atom. The fourth-order valence-corrected chi connectivity index (χ4v) is 3.02. The molecule has 2 aromatic rings. The summed E-state index contributed by atoms with van der Waals surface area (Å²) < 4.78 is 5.13. The zero-order chi connectivity index (χ0) is 18.5. The zero-order valence-electron chi connectivity index (χ0n) is 14.0. The van der Waals surface area contributed by atoms with Gasteiger partial charge in [0.1, 0.15) is 11.6 Å². The van der Waals surface area contributed by atoms with Gasteiger partial charge in [0.25, 0.3) is 5.91 Å². The maximum Gasteiger partial charge on any atom is 0.341 e. The molecule has 0 aliphatic carbocycles. The highest BCUT2D eigenvalue weighted by Gasteiger charge is 2.26. The predicted octanol–water partition coefficient (Wildman–Crippen LogP) is 2.61. The minimum atomic E-state index is -1.06. The number of benzene rings is 1. The molecule has 0 spiro atoms. The van der Waals surface area contributed by atoms with Gasteiger partial charge in [-0.15, -0.1) is 0 Å². The molecule has 1 aromatic heterocycles. The van der Waals surface area contributed by atoms with Gasteiger partial charge in [-0.2, -0.15) is 0 Å². The standard InChI is InChI=1S/C18H18ClN3O4/c19-14-9-20-17(21-10-14)12-4-6-22(7-5-12)18(25)13-2-1-3-15(8-13)26-11-16(23)24/h1-3,8-10,12H,4-7,11H2,(H,23,24). The van der Waals surface area contributed by atoms with Crippen LogP contribution in [0.1, 0.15) is 34.9 Å². The largest absolute Gasteiger partial charge is 0.482 e. The first-order valence-electron chi connectivity index (χ1n) is 8.24. The maximum atomic E-state index is 12.7. The number of ether oxygens (including phenoxy) is 1. The third-order valence-electron chi connectivity index (χ3n) is 4.23. The van der Waals surface area contributed by atoms with Crippen LogP contribution in [0.3, 0.4) is 0 Å². The number of carbonyl (C=O) groups excluding carboxylic acids is 1. The minimum absolute atomic E-state index is 0.0961. The molecule has 2 heterocycles. The molecule has 8 heteroatoms. The quantitative estimate of drug-likeness (QED) is 0.863. The number of hydrogen-bond acceptors (Lipinski definition) is 5. The van der Waals surface area contributed by atoms with Crippen LogP contribution < -0.4 is 4.74 Å². The van der Waals surface area contributed by atoms with E-state index < -0.39 is 12.6 Å². The monoisotopic (exact) mass is 375 g/mol. The predicted molar refractivity (Wildman–Crippen MR) is 94.5 cm³/mol. The van der Waals surface area contributed by atoms with Crippen LogP contribution in [0.15, 0.2) is 36.7 Å². The molecule has 1 N–H and O–H groups in total. The summed E-state index contributed by atoms with van der Waals surface area (Å²) >= 11 is 5.81. The van der Waals surface area contributed by atoms with Gasteiger partial charge in [-0.3, -0.25) is 4.79 Å². The molecule has 0 atom stereocenters. The zero-order valence-corrected chi connectivity index (χ0v) is 14.7. The third-order valence-corrected chi connectivity index (χ3v) is 4.43. The molecular formula is C18H18ClN3O4. The number of aliphatic carboxylic acids is 1. The number of halogens is 1. The van der Waals surface area contributed by atoms with Gasteiger partial charge in [-0.1, -0.05) is 17.7 Å². The summed E-state index contributed by atoms with van der Waals surface area (Å²) in [5, 5.41) is 9.18. The van der Waals surface area contributed by atoms with Crippen LogP contribution in [0.5, 0.6) is 5.75 Å². The van der Waals surface area contributed by atoms with E-state index in [-0.39, 0.29) is 11.8 Å². The Bertz CT molecular complexity index is 789. The molecule has 0 unspecified atom stereocenters. The Kier molecular flexibility index (Phi) is 5.68. The lowest BCUT2D eigenvalue weighted by Crippen LogP contribution is -2.38. The number of carboxylic acids is 1. The lowest BCUT2D eigenvalue weighted by molar-refractivity contribution is -0.139. The van der Waals surface area contributed by atoms with Crippen molar-refractivity contribution in [1.82, 2.24) is 14.9 Å². The number of likely N-dealkylation sites (tertiary alicyclic amines) is 1. The summed E-state index contributed by atoms with van der Waals surface area (Å²) in [4.78, 5) is 33.6. The van der Waals surface area contributed by atoms with Gasteiger partial charge in [0.2, 0.25) is 0 Å². The van der Waals surface area contributed by atoms with E-state index in [1.54, 1.807) is 41.6 Å². The fraction of sp³-hybridized carbons (Fsp3) is 0.333. The molecule has 0 bridgehead atoms. The van der Waals surface area contributed by atoms with Crippen molar-refractivity contribution in [2.75, 3.05) is 19.7 Å². The Balaban J connectivity index is 1.60. The normalized spacial score (nSPS) is 14.9. The molecule has 1 aromatic carbocycles. The van der Waals surface area contributed by atoms with E-state index in [2.05, 4.69) is 9.97 Å². The first-order valence-corrected chi connectivity index (χ1v) is 8.62. The second-order valence-corrected chi connectivity index (χ2v) is 6.47. The van der Waals surface area contributed by atoms with Crippen LogP contribution in [0, 0.1) is 0 Å². The smallest absolute Gasteiger partial charge is 0.341 e. The van der Waals surface area contributed by atoms with Gasteiger partial charge in [0.15, 0.2) is 6.61 Å². The summed E-state index contributed by atoms with van der Waals surface area (Å²) in [7, 11) is 0. The first-order chi connectivity index (χ1) is 12.5. The molecule has 0 radical (unpaired) electrons. The topological polar surface area (TPSA) is 92.6 Å². The van der Waals surface area contributed by atoms with Crippen LogP contribution in [0.4, 0.5) is 0 Å². The maximum absolute atomic E-state index is 12.7. The van der Waals surface area contributed by atoms with Crippen LogP contribution in [-0.4, -0.2) is 51.5 Å². The Labute approximate surface area is 155 Å². The minimum Gasteiger partial charge on any atom is -0.482 e. The molecule has 136 valence electrons. The van der Waals surface area contributed by atoms with Crippen molar-refractivity contribution in [3.05, 3.63) is 53.1 Å². The molecule has 1 aliphatic heterocycles. The average molecular weight is 376 g/mol. The SMILES string of the molecule is O=C(O)COc1cccc(C(=O)N2CCC(c3ncc(Cl)cn3)CC2)c1. The Hall–Kier alpha value is -2.67. The van der Waals surface area contributed by atoms with Crippen molar-refractivity contribution in [3.8, 4) is 5.75 Å². The van der Waals surface area contributed by atoms with Gasteiger partial charge < -0.3 is 14.7 Å². The summed E-state index contributed by atoms with van der Waals surface area (Å²) in [6.45, 7) is 0.773. The summed E-state index contributed by atoms with van der Waals surface area (Å²) in [5.74, 6) is 0.171. The van der Waals surface area contributed by atoms with Gasteiger partial charge in [-0.25, -0.2) is 14.8 Å². The van der Waals surface area contributed by atoms with Gasteiger partial charge in [0, 0.05) is 37.0 Å². The molecule has 1 saturated heterocycles. The van der Waals surface area contributed by atoms with E-state index in [1.165, 1.54) is 0 Å². The number of hydrogen-bond donors (Lipinski definition) is 1. The fourth-order valence-electron chi connectivity index (χ4n) is 2.92. The van der Waals surface area contributed by atoms with Crippen molar-refractivity contribution < 1.29 is 19.4 Å². The Morgan fingerprint density at radius 1 is 1.23 bits per heavy atom. The van der Waals surface area contributed by atoms with Gasteiger partial charge in [-0.05, 0) is 31.0 Å².